The molecule has 1 aromatic rings. The molecule has 0 aliphatic heterocycles. The quantitative estimate of drug-likeness (QED) is 0.774. The minimum Gasteiger partial charge on any atom is -0.450 e. The summed E-state index contributed by atoms with van der Waals surface area (Å²) in [6.45, 7) is 7.23. The highest BCUT2D eigenvalue weighted by atomic mass is 19.1. The fourth-order valence-electron chi connectivity index (χ4n) is 2.07. The van der Waals surface area contributed by atoms with Gasteiger partial charge in [0.2, 0.25) is 0 Å². The van der Waals surface area contributed by atoms with Crippen LogP contribution in [0.15, 0.2) is 12.1 Å². The van der Waals surface area contributed by atoms with Crippen molar-refractivity contribution >= 4 is 11.8 Å². The van der Waals surface area contributed by atoms with Crippen molar-refractivity contribution in [2.24, 2.45) is 0 Å². The lowest BCUT2D eigenvalue weighted by atomic mass is 9.99. The lowest BCUT2D eigenvalue weighted by Crippen LogP contribution is -2.40. The van der Waals surface area contributed by atoms with E-state index in [1.54, 1.807) is 6.92 Å². The maximum Gasteiger partial charge on any atom is 0.411 e. The maximum atomic E-state index is 14.3. The van der Waals surface area contributed by atoms with E-state index < -0.39 is 18.0 Å². The Hall–Kier alpha value is -2.17. The first-order valence-electron chi connectivity index (χ1n) is 7.27. The Morgan fingerprint density at radius 2 is 2.13 bits per heavy atom. The van der Waals surface area contributed by atoms with Gasteiger partial charge in [0, 0.05) is 5.54 Å². The van der Waals surface area contributed by atoms with Crippen molar-refractivity contribution in [2.75, 3.05) is 18.5 Å². The first kappa shape index (κ1) is 18.9. The Labute approximate surface area is 135 Å². The van der Waals surface area contributed by atoms with Crippen LogP contribution in [-0.4, -0.2) is 30.0 Å². The predicted molar refractivity (Wildman–Crippen MR) is 84.5 cm³/mol. The monoisotopic (exact) mass is 323 g/mol. The average Bonchev–Trinajstić information content (AvgIpc) is 2.46. The van der Waals surface area contributed by atoms with E-state index in [2.05, 4.69) is 15.4 Å². The Kier molecular flexibility index (Phi) is 6.49. The highest BCUT2D eigenvalue weighted by Gasteiger charge is 2.22. The Morgan fingerprint density at radius 1 is 1.48 bits per heavy atom. The summed E-state index contributed by atoms with van der Waals surface area (Å²) in [5, 5.41) is 24.1. The molecule has 0 heterocycles. The number of ether oxygens (including phenoxy) is 1. The van der Waals surface area contributed by atoms with Gasteiger partial charge in [0.1, 0.15) is 11.9 Å². The summed E-state index contributed by atoms with van der Waals surface area (Å²) in [6, 6.07) is 3.93. The summed E-state index contributed by atoms with van der Waals surface area (Å²) in [7, 11) is 0. The first-order valence-corrected chi connectivity index (χ1v) is 7.27. The zero-order valence-corrected chi connectivity index (χ0v) is 13.7. The number of rotatable bonds is 5. The topological polar surface area (TPSA) is 94.4 Å². The van der Waals surface area contributed by atoms with Gasteiger partial charge in [0.15, 0.2) is 0 Å². The molecule has 0 bridgehead atoms. The van der Waals surface area contributed by atoms with Crippen LogP contribution in [-0.2, 0) is 4.74 Å². The molecule has 1 amide bonds. The van der Waals surface area contributed by atoms with Gasteiger partial charge in [-0.15, -0.1) is 0 Å². The average molecular weight is 323 g/mol. The van der Waals surface area contributed by atoms with Crippen LogP contribution in [0, 0.1) is 17.1 Å². The molecule has 7 heteroatoms. The number of halogens is 1. The summed E-state index contributed by atoms with van der Waals surface area (Å²) in [5.41, 5.74) is -0.159. The van der Waals surface area contributed by atoms with Crippen molar-refractivity contribution in [1.82, 2.24) is 5.32 Å². The Morgan fingerprint density at radius 3 is 2.61 bits per heavy atom. The molecule has 1 atom stereocenters. The zero-order chi connectivity index (χ0) is 17.6. The summed E-state index contributed by atoms with van der Waals surface area (Å²) < 4.78 is 19.0. The molecule has 3 N–H and O–H groups in total. The standard InChI is InChI=1S/C16H22FN3O3/c1-5-23-15(22)19-14-11(8-18)6-10(7-12(14)17)13(9-21)20-16(2,3)4/h6-7,13,20-21H,5,9H2,1-4H3,(H,19,22). The third-order valence-corrected chi connectivity index (χ3v) is 2.93. The predicted octanol–water partition coefficient (Wildman–Crippen LogP) is 2.69. The van der Waals surface area contributed by atoms with Crippen molar-refractivity contribution in [3.8, 4) is 6.07 Å². The van der Waals surface area contributed by atoms with Crippen LogP contribution in [0.25, 0.3) is 0 Å². The summed E-state index contributed by atoms with van der Waals surface area (Å²) in [4.78, 5) is 11.4. The van der Waals surface area contributed by atoms with E-state index in [0.717, 1.165) is 0 Å². The number of hydrogen-bond donors (Lipinski definition) is 3. The van der Waals surface area contributed by atoms with Crippen molar-refractivity contribution in [3.05, 3.63) is 29.1 Å². The normalized spacial score (nSPS) is 12.4. The number of aliphatic hydroxyl groups is 1. The molecular formula is C16H22FN3O3. The molecule has 0 fully saturated rings. The third kappa shape index (κ3) is 5.51. The molecule has 0 aliphatic rings. The second-order valence-electron chi connectivity index (χ2n) is 6.01. The smallest absolute Gasteiger partial charge is 0.411 e. The molecule has 0 aliphatic carbocycles. The van der Waals surface area contributed by atoms with Gasteiger partial charge in [-0.3, -0.25) is 5.32 Å². The number of nitrogens with zero attached hydrogens (tertiary/aromatic N) is 1. The first-order chi connectivity index (χ1) is 10.7. The molecule has 0 spiro atoms. The zero-order valence-electron chi connectivity index (χ0n) is 13.7. The van der Waals surface area contributed by atoms with E-state index in [9.17, 15) is 19.6 Å². The van der Waals surface area contributed by atoms with Gasteiger partial charge in [-0.2, -0.15) is 5.26 Å². The van der Waals surface area contributed by atoms with Gasteiger partial charge >= 0.3 is 6.09 Å². The molecule has 6 nitrogen and oxygen atoms in total. The molecule has 0 saturated heterocycles. The van der Waals surface area contributed by atoms with E-state index in [0.29, 0.717) is 5.56 Å². The van der Waals surface area contributed by atoms with Gasteiger partial charge < -0.3 is 15.2 Å². The number of anilines is 1. The fraction of sp³-hybridized carbons (Fsp3) is 0.500. The number of nitrogens with one attached hydrogen (secondary N) is 2. The number of amides is 1. The van der Waals surface area contributed by atoms with E-state index >= 15 is 0 Å². The number of benzene rings is 1. The van der Waals surface area contributed by atoms with Crippen LogP contribution in [0.1, 0.15) is 44.9 Å². The van der Waals surface area contributed by atoms with Gasteiger partial charge in [0.05, 0.1) is 30.5 Å². The number of aliphatic hydroxyl groups excluding tert-OH is 1. The van der Waals surface area contributed by atoms with Crippen molar-refractivity contribution < 1.29 is 19.0 Å². The molecule has 0 saturated carbocycles. The van der Waals surface area contributed by atoms with Gasteiger partial charge in [-0.25, -0.2) is 9.18 Å². The molecular weight excluding hydrogens is 301 g/mol. The number of nitriles is 1. The molecule has 0 radical (unpaired) electrons. The van der Waals surface area contributed by atoms with Crippen molar-refractivity contribution in [2.45, 2.75) is 39.3 Å². The molecule has 23 heavy (non-hydrogen) atoms. The minimum atomic E-state index is -0.831. The van der Waals surface area contributed by atoms with E-state index in [4.69, 9.17) is 0 Å². The van der Waals surface area contributed by atoms with Crippen LogP contribution >= 0.6 is 0 Å². The van der Waals surface area contributed by atoms with Crippen LogP contribution in [0.5, 0.6) is 0 Å². The highest BCUT2D eigenvalue weighted by molar-refractivity contribution is 5.86. The molecule has 126 valence electrons. The van der Waals surface area contributed by atoms with Crippen molar-refractivity contribution in [3.63, 3.8) is 0 Å². The number of carbonyl (C=O) groups excluding carboxylic acids is 1. The van der Waals surface area contributed by atoms with Crippen LogP contribution in [0.4, 0.5) is 14.9 Å². The van der Waals surface area contributed by atoms with Crippen LogP contribution in [0.3, 0.4) is 0 Å². The molecule has 1 unspecified atom stereocenters. The van der Waals surface area contributed by atoms with Crippen LogP contribution < -0.4 is 10.6 Å². The van der Waals surface area contributed by atoms with E-state index in [-0.39, 0.29) is 30.0 Å². The number of carbonyl (C=O) groups is 1. The van der Waals surface area contributed by atoms with Gasteiger partial charge in [-0.1, -0.05) is 0 Å². The largest absolute Gasteiger partial charge is 0.450 e. The minimum absolute atomic E-state index is 0.0396. The van der Waals surface area contributed by atoms with E-state index in [1.807, 2.05) is 26.8 Å². The summed E-state index contributed by atoms with van der Waals surface area (Å²) in [6.07, 6.45) is -0.831. The molecule has 0 aromatic heterocycles. The lowest BCUT2D eigenvalue weighted by molar-refractivity contribution is 0.167. The maximum absolute atomic E-state index is 14.3. The van der Waals surface area contributed by atoms with Crippen LogP contribution in [0.2, 0.25) is 0 Å². The second kappa shape index (κ2) is 7.90. The number of hydrogen-bond acceptors (Lipinski definition) is 5. The van der Waals surface area contributed by atoms with Gasteiger partial charge in [0.25, 0.3) is 0 Å². The Balaban J connectivity index is 3.17. The molecule has 1 aromatic carbocycles. The summed E-state index contributed by atoms with van der Waals surface area (Å²) >= 11 is 0. The fourth-order valence-corrected chi connectivity index (χ4v) is 2.07. The highest BCUT2D eigenvalue weighted by Crippen LogP contribution is 2.26. The lowest BCUT2D eigenvalue weighted by Gasteiger charge is -2.28. The Bertz CT molecular complexity index is 606. The van der Waals surface area contributed by atoms with E-state index in [1.165, 1.54) is 12.1 Å². The molecule has 1 rings (SSSR count). The second-order valence-corrected chi connectivity index (χ2v) is 6.01. The SMILES string of the molecule is CCOC(=O)Nc1c(F)cc(C(CO)NC(C)(C)C)cc1C#N. The van der Waals surface area contributed by atoms with Gasteiger partial charge in [-0.05, 0) is 45.4 Å². The van der Waals surface area contributed by atoms with Crippen molar-refractivity contribution in [1.29, 1.82) is 5.26 Å². The summed E-state index contributed by atoms with van der Waals surface area (Å²) in [5.74, 6) is -0.763. The third-order valence-electron chi connectivity index (χ3n) is 2.93.